The Kier molecular flexibility index (Phi) is 6.20. The number of rotatable bonds is 6. The SMILES string of the molecule is CCN1CCN(S(=O)(=O)c2ccc(OCC(=O)OC)c(C)c2)CC1. The van der Waals surface area contributed by atoms with Gasteiger partial charge in [-0.15, -0.1) is 0 Å². The zero-order chi connectivity index (χ0) is 17.7. The van der Waals surface area contributed by atoms with Crippen molar-refractivity contribution in [2.75, 3.05) is 46.4 Å². The maximum Gasteiger partial charge on any atom is 0.343 e. The molecule has 1 fully saturated rings. The normalized spacial score (nSPS) is 16.8. The summed E-state index contributed by atoms with van der Waals surface area (Å²) in [6.45, 7) is 7.03. The van der Waals surface area contributed by atoms with Crippen LogP contribution >= 0.6 is 0 Å². The second-order valence-electron chi connectivity index (χ2n) is 5.63. The van der Waals surface area contributed by atoms with Crippen LogP contribution < -0.4 is 4.74 Å². The minimum absolute atomic E-state index is 0.206. The summed E-state index contributed by atoms with van der Waals surface area (Å²) in [7, 11) is -2.23. The standard InChI is InChI=1S/C16H24N2O5S/c1-4-17-7-9-18(10-8-17)24(20,21)14-5-6-15(13(2)11-14)23-12-16(19)22-3/h5-6,11H,4,7-10,12H2,1-3H3. The number of sulfonamides is 1. The van der Waals surface area contributed by atoms with E-state index in [0.29, 0.717) is 24.4 Å². The van der Waals surface area contributed by atoms with Gasteiger partial charge in [0.25, 0.3) is 0 Å². The Morgan fingerprint density at radius 3 is 2.42 bits per heavy atom. The summed E-state index contributed by atoms with van der Waals surface area (Å²) in [6, 6.07) is 4.67. The number of methoxy groups -OCH3 is 1. The molecule has 0 N–H and O–H groups in total. The number of esters is 1. The molecule has 0 radical (unpaired) electrons. The molecule has 0 spiro atoms. The van der Waals surface area contributed by atoms with Gasteiger partial charge < -0.3 is 14.4 Å². The fourth-order valence-corrected chi connectivity index (χ4v) is 4.08. The van der Waals surface area contributed by atoms with Crippen LogP contribution in [-0.4, -0.2) is 70.0 Å². The molecule has 2 rings (SSSR count). The average Bonchev–Trinajstić information content (AvgIpc) is 2.60. The van der Waals surface area contributed by atoms with Crippen molar-refractivity contribution in [3.63, 3.8) is 0 Å². The molecule has 8 heteroatoms. The molecule has 0 aromatic heterocycles. The molecule has 0 aliphatic carbocycles. The lowest BCUT2D eigenvalue weighted by atomic mass is 10.2. The van der Waals surface area contributed by atoms with Gasteiger partial charge in [-0.25, -0.2) is 13.2 Å². The Balaban J connectivity index is 2.11. The second-order valence-corrected chi connectivity index (χ2v) is 7.57. The largest absolute Gasteiger partial charge is 0.482 e. The van der Waals surface area contributed by atoms with Gasteiger partial charge in [0.15, 0.2) is 6.61 Å². The smallest absolute Gasteiger partial charge is 0.343 e. The van der Waals surface area contributed by atoms with Gasteiger partial charge in [-0.2, -0.15) is 4.31 Å². The van der Waals surface area contributed by atoms with E-state index in [-0.39, 0.29) is 11.5 Å². The lowest BCUT2D eigenvalue weighted by molar-refractivity contribution is -0.142. The van der Waals surface area contributed by atoms with Gasteiger partial charge in [0.1, 0.15) is 5.75 Å². The molecule has 1 aromatic carbocycles. The van der Waals surface area contributed by atoms with Crippen molar-refractivity contribution in [1.29, 1.82) is 0 Å². The van der Waals surface area contributed by atoms with Gasteiger partial charge in [0, 0.05) is 26.2 Å². The van der Waals surface area contributed by atoms with Crippen LogP contribution in [0, 0.1) is 6.92 Å². The number of carbonyl (C=O) groups is 1. The van der Waals surface area contributed by atoms with Crippen LogP contribution in [0.25, 0.3) is 0 Å². The fourth-order valence-electron chi connectivity index (χ4n) is 2.58. The van der Waals surface area contributed by atoms with Gasteiger partial charge in [0.05, 0.1) is 12.0 Å². The number of hydrogen-bond donors (Lipinski definition) is 0. The molecule has 0 unspecified atom stereocenters. The Bertz CT molecular complexity index is 682. The van der Waals surface area contributed by atoms with E-state index in [1.165, 1.54) is 17.5 Å². The summed E-state index contributed by atoms with van der Waals surface area (Å²) in [5, 5.41) is 0. The molecule has 0 saturated carbocycles. The molecule has 0 bridgehead atoms. The third-order valence-corrected chi connectivity index (χ3v) is 6.03. The number of carbonyl (C=O) groups excluding carboxylic acids is 1. The molecule has 0 atom stereocenters. The first-order chi connectivity index (χ1) is 11.4. The first-order valence-corrected chi connectivity index (χ1v) is 9.35. The molecule has 1 aliphatic heterocycles. The molecule has 7 nitrogen and oxygen atoms in total. The Hall–Kier alpha value is -1.64. The van der Waals surface area contributed by atoms with Crippen molar-refractivity contribution < 1.29 is 22.7 Å². The van der Waals surface area contributed by atoms with E-state index in [2.05, 4.69) is 16.6 Å². The predicted octanol–water partition coefficient (Wildman–Crippen LogP) is 0.873. The van der Waals surface area contributed by atoms with Crippen LogP contribution in [0.5, 0.6) is 5.75 Å². The number of likely N-dealkylation sites (N-methyl/N-ethyl adjacent to an activating group) is 1. The highest BCUT2D eigenvalue weighted by atomic mass is 32.2. The number of nitrogens with zero attached hydrogens (tertiary/aromatic N) is 2. The fraction of sp³-hybridized carbons (Fsp3) is 0.562. The second kappa shape index (κ2) is 7.96. The van der Waals surface area contributed by atoms with Crippen molar-refractivity contribution in [1.82, 2.24) is 9.21 Å². The van der Waals surface area contributed by atoms with E-state index in [4.69, 9.17) is 4.74 Å². The van der Waals surface area contributed by atoms with E-state index < -0.39 is 16.0 Å². The summed E-state index contributed by atoms with van der Waals surface area (Å²) in [5.74, 6) is -0.0185. The Morgan fingerprint density at radius 1 is 1.21 bits per heavy atom. The third-order valence-electron chi connectivity index (χ3n) is 4.14. The van der Waals surface area contributed by atoms with Gasteiger partial charge in [-0.3, -0.25) is 0 Å². The van der Waals surface area contributed by atoms with Crippen molar-refractivity contribution in [2.45, 2.75) is 18.7 Å². The van der Waals surface area contributed by atoms with Crippen LogP contribution in [-0.2, 0) is 19.6 Å². The van der Waals surface area contributed by atoms with Crippen LogP contribution in [0.2, 0.25) is 0 Å². The minimum atomic E-state index is -3.51. The maximum absolute atomic E-state index is 12.8. The molecule has 1 heterocycles. The van der Waals surface area contributed by atoms with Crippen molar-refractivity contribution in [3.05, 3.63) is 23.8 Å². The molecule has 1 aromatic rings. The summed E-state index contributed by atoms with van der Waals surface area (Å²) in [4.78, 5) is 13.6. The summed E-state index contributed by atoms with van der Waals surface area (Å²) >= 11 is 0. The van der Waals surface area contributed by atoms with Gasteiger partial charge in [-0.05, 0) is 37.2 Å². The summed E-state index contributed by atoms with van der Waals surface area (Å²) < 4.78 is 36.9. The number of benzene rings is 1. The monoisotopic (exact) mass is 356 g/mol. The number of aryl methyl sites for hydroxylation is 1. The van der Waals surface area contributed by atoms with Crippen molar-refractivity contribution in [2.24, 2.45) is 0 Å². The Morgan fingerprint density at radius 2 is 1.88 bits per heavy atom. The lowest BCUT2D eigenvalue weighted by Gasteiger charge is -2.33. The third kappa shape index (κ3) is 4.25. The van der Waals surface area contributed by atoms with Crippen LogP contribution in [0.1, 0.15) is 12.5 Å². The van der Waals surface area contributed by atoms with E-state index >= 15 is 0 Å². The Labute approximate surface area is 143 Å². The van der Waals surface area contributed by atoms with E-state index in [1.807, 2.05) is 0 Å². The minimum Gasteiger partial charge on any atom is -0.482 e. The van der Waals surface area contributed by atoms with Gasteiger partial charge in [-0.1, -0.05) is 6.92 Å². The summed E-state index contributed by atoms with van der Waals surface area (Å²) in [5.41, 5.74) is 0.659. The highest BCUT2D eigenvalue weighted by Gasteiger charge is 2.28. The number of piperazine rings is 1. The van der Waals surface area contributed by atoms with Gasteiger partial charge >= 0.3 is 5.97 Å². The zero-order valence-corrected chi connectivity index (χ0v) is 15.1. The van der Waals surface area contributed by atoms with Crippen molar-refractivity contribution >= 4 is 16.0 Å². The quantitative estimate of drug-likeness (QED) is 0.704. The van der Waals surface area contributed by atoms with E-state index in [1.54, 1.807) is 19.1 Å². The summed E-state index contributed by atoms with van der Waals surface area (Å²) in [6.07, 6.45) is 0. The number of hydrogen-bond acceptors (Lipinski definition) is 6. The molecule has 24 heavy (non-hydrogen) atoms. The average molecular weight is 356 g/mol. The highest BCUT2D eigenvalue weighted by molar-refractivity contribution is 7.89. The maximum atomic E-state index is 12.8. The van der Waals surface area contributed by atoms with Crippen LogP contribution in [0.3, 0.4) is 0 Å². The first kappa shape index (κ1) is 18.7. The topological polar surface area (TPSA) is 76.2 Å². The van der Waals surface area contributed by atoms with E-state index in [9.17, 15) is 13.2 Å². The first-order valence-electron chi connectivity index (χ1n) is 7.91. The van der Waals surface area contributed by atoms with E-state index in [0.717, 1.165) is 19.6 Å². The zero-order valence-electron chi connectivity index (χ0n) is 14.3. The molecule has 0 amide bonds. The molecular weight excluding hydrogens is 332 g/mol. The number of ether oxygens (including phenoxy) is 2. The highest BCUT2D eigenvalue weighted by Crippen LogP contribution is 2.24. The molecular formula is C16H24N2O5S. The van der Waals surface area contributed by atoms with Crippen LogP contribution in [0.4, 0.5) is 0 Å². The molecule has 134 valence electrons. The molecule has 1 saturated heterocycles. The predicted molar refractivity (Wildman–Crippen MR) is 89.6 cm³/mol. The van der Waals surface area contributed by atoms with Crippen LogP contribution in [0.15, 0.2) is 23.1 Å². The molecule has 1 aliphatic rings. The van der Waals surface area contributed by atoms with Gasteiger partial charge in [0.2, 0.25) is 10.0 Å². The van der Waals surface area contributed by atoms with Crippen molar-refractivity contribution in [3.8, 4) is 5.75 Å². The lowest BCUT2D eigenvalue weighted by Crippen LogP contribution is -2.48.